The molecule has 0 aliphatic heterocycles. The van der Waals surface area contributed by atoms with E-state index in [2.05, 4.69) is 52.7 Å². The van der Waals surface area contributed by atoms with Gasteiger partial charge in [0.25, 0.3) is 5.56 Å². The van der Waals surface area contributed by atoms with Crippen LogP contribution in [0.25, 0.3) is 22.7 Å². The molecule has 2 aromatic carbocycles. The fourth-order valence-corrected chi connectivity index (χ4v) is 7.05. The van der Waals surface area contributed by atoms with E-state index < -0.39 is 0 Å². The molecule has 1 fully saturated rings. The third-order valence-corrected chi connectivity index (χ3v) is 8.49. The van der Waals surface area contributed by atoms with Crippen LogP contribution in [0.2, 0.25) is 0 Å². The summed E-state index contributed by atoms with van der Waals surface area (Å²) in [6.45, 7) is 4.50. The zero-order valence-electron chi connectivity index (χ0n) is 19.8. The van der Waals surface area contributed by atoms with Crippen LogP contribution in [0.5, 0.6) is 0 Å². The third kappa shape index (κ3) is 3.34. The lowest BCUT2D eigenvalue weighted by atomic mass is 9.68. The van der Waals surface area contributed by atoms with Crippen molar-refractivity contribution < 1.29 is 0 Å². The van der Waals surface area contributed by atoms with E-state index in [1.165, 1.54) is 18.4 Å². The van der Waals surface area contributed by atoms with E-state index in [9.17, 15) is 4.79 Å². The summed E-state index contributed by atoms with van der Waals surface area (Å²) >= 11 is 1.75. The molecule has 0 saturated heterocycles. The molecule has 174 valence electrons. The SMILES string of the molecule is CC(C)CCSc1nnc2n(-c3ccccc3)c(=O)c3c(n12)-c1ccccc1CC31CCCC1. The number of benzene rings is 2. The first kappa shape index (κ1) is 21.7. The molecule has 4 aromatic rings. The second-order valence-corrected chi connectivity index (χ2v) is 11.2. The molecular weight excluding hydrogens is 440 g/mol. The number of rotatable bonds is 5. The molecule has 0 bridgehead atoms. The fourth-order valence-electron chi connectivity index (χ4n) is 5.88. The Morgan fingerprint density at radius 1 is 1.00 bits per heavy atom. The lowest BCUT2D eigenvalue weighted by molar-refractivity contribution is 0.424. The molecular formula is C28H30N4OS. The van der Waals surface area contributed by atoms with Gasteiger partial charge in [-0.05, 0) is 49.3 Å². The monoisotopic (exact) mass is 470 g/mol. The Hall–Kier alpha value is -2.86. The van der Waals surface area contributed by atoms with E-state index in [-0.39, 0.29) is 11.0 Å². The molecule has 2 heterocycles. The molecule has 0 radical (unpaired) electrons. The minimum absolute atomic E-state index is 0.0660. The number of hydrogen-bond acceptors (Lipinski definition) is 4. The summed E-state index contributed by atoms with van der Waals surface area (Å²) < 4.78 is 3.99. The maximum atomic E-state index is 14.4. The van der Waals surface area contributed by atoms with Crippen molar-refractivity contribution in [1.29, 1.82) is 0 Å². The zero-order valence-corrected chi connectivity index (χ0v) is 20.6. The van der Waals surface area contributed by atoms with Crippen LogP contribution in [0.15, 0.2) is 64.5 Å². The number of para-hydroxylation sites is 1. The van der Waals surface area contributed by atoms with Crippen molar-refractivity contribution in [2.24, 2.45) is 5.92 Å². The summed E-state index contributed by atoms with van der Waals surface area (Å²) in [6, 6.07) is 18.5. The summed E-state index contributed by atoms with van der Waals surface area (Å²) in [5, 5.41) is 10.1. The summed E-state index contributed by atoms with van der Waals surface area (Å²) in [5.74, 6) is 2.21. The lowest BCUT2D eigenvalue weighted by Gasteiger charge is -2.37. The summed E-state index contributed by atoms with van der Waals surface area (Å²) in [5.41, 5.74) is 5.27. The molecule has 0 amide bonds. The smallest absolute Gasteiger partial charge is 0.263 e. The highest BCUT2D eigenvalue weighted by Gasteiger charge is 2.45. The first-order valence-electron chi connectivity index (χ1n) is 12.4. The Morgan fingerprint density at radius 3 is 2.50 bits per heavy atom. The lowest BCUT2D eigenvalue weighted by Crippen LogP contribution is -2.40. The minimum Gasteiger partial charge on any atom is -0.268 e. The number of thioether (sulfide) groups is 1. The topological polar surface area (TPSA) is 52.2 Å². The molecule has 6 heteroatoms. The van der Waals surface area contributed by atoms with Gasteiger partial charge in [-0.1, -0.05) is 80.9 Å². The number of nitrogens with zero attached hydrogens (tertiary/aromatic N) is 4. The molecule has 5 nitrogen and oxygen atoms in total. The summed E-state index contributed by atoms with van der Waals surface area (Å²) in [4.78, 5) is 14.4. The van der Waals surface area contributed by atoms with Crippen molar-refractivity contribution in [3.05, 3.63) is 76.1 Å². The summed E-state index contributed by atoms with van der Waals surface area (Å²) in [6.07, 6.45) is 6.50. The van der Waals surface area contributed by atoms with Crippen LogP contribution in [0.1, 0.15) is 57.1 Å². The van der Waals surface area contributed by atoms with Crippen molar-refractivity contribution in [1.82, 2.24) is 19.2 Å². The molecule has 6 rings (SSSR count). The zero-order chi connectivity index (χ0) is 23.3. The summed E-state index contributed by atoms with van der Waals surface area (Å²) in [7, 11) is 0. The highest BCUT2D eigenvalue weighted by molar-refractivity contribution is 7.99. The fraction of sp³-hybridized carbons (Fsp3) is 0.393. The van der Waals surface area contributed by atoms with Gasteiger partial charge >= 0.3 is 0 Å². The van der Waals surface area contributed by atoms with E-state index in [0.717, 1.165) is 59.1 Å². The van der Waals surface area contributed by atoms with Gasteiger partial charge in [0, 0.05) is 22.3 Å². The number of fused-ring (bicyclic) bond motifs is 6. The van der Waals surface area contributed by atoms with Gasteiger partial charge in [-0.3, -0.25) is 9.20 Å². The number of hydrogen-bond donors (Lipinski definition) is 0. The Kier molecular flexibility index (Phi) is 5.36. The predicted octanol–water partition coefficient (Wildman–Crippen LogP) is 6.05. The maximum Gasteiger partial charge on any atom is 0.263 e. The van der Waals surface area contributed by atoms with Crippen LogP contribution in [0, 0.1) is 5.92 Å². The largest absolute Gasteiger partial charge is 0.268 e. The Labute approximate surface area is 204 Å². The molecule has 1 spiro atoms. The molecule has 0 N–H and O–H groups in total. The van der Waals surface area contributed by atoms with Crippen molar-refractivity contribution in [2.75, 3.05) is 5.75 Å². The van der Waals surface area contributed by atoms with Gasteiger partial charge in [0.05, 0.1) is 11.4 Å². The predicted molar refractivity (Wildman–Crippen MR) is 138 cm³/mol. The molecule has 2 aliphatic rings. The molecule has 0 atom stereocenters. The van der Waals surface area contributed by atoms with Crippen molar-refractivity contribution in [2.45, 2.75) is 62.9 Å². The van der Waals surface area contributed by atoms with Crippen molar-refractivity contribution in [3.63, 3.8) is 0 Å². The highest BCUT2D eigenvalue weighted by Crippen LogP contribution is 2.50. The molecule has 2 aliphatic carbocycles. The quantitative estimate of drug-likeness (QED) is 0.333. The average Bonchev–Trinajstić information content (AvgIpc) is 3.47. The molecule has 1 saturated carbocycles. The van der Waals surface area contributed by atoms with Gasteiger partial charge in [-0.2, -0.15) is 0 Å². The second kappa shape index (κ2) is 8.42. The van der Waals surface area contributed by atoms with Crippen LogP contribution in [-0.4, -0.2) is 24.9 Å². The van der Waals surface area contributed by atoms with E-state index in [4.69, 9.17) is 0 Å². The van der Waals surface area contributed by atoms with E-state index >= 15 is 0 Å². The van der Waals surface area contributed by atoms with Gasteiger partial charge in [-0.15, -0.1) is 10.2 Å². The molecule has 2 aromatic heterocycles. The van der Waals surface area contributed by atoms with Crippen LogP contribution >= 0.6 is 11.8 Å². The van der Waals surface area contributed by atoms with Crippen molar-refractivity contribution in [3.8, 4) is 16.9 Å². The number of aromatic nitrogens is 4. The first-order valence-corrected chi connectivity index (χ1v) is 13.4. The minimum atomic E-state index is -0.115. The van der Waals surface area contributed by atoms with Crippen LogP contribution in [-0.2, 0) is 11.8 Å². The Morgan fingerprint density at radius 2 is 1.74 bits per heavy atom. The maximum absolute atomic E-state index is 14.4. The molecule has 0 unspecified atom stereocenters. The Balaban J connectivity index is 1.71. The standard InChI is InChI=1S/C28H30N4OS/c1-19(2)14-17-34-27-30-29-26-31(21-11-4-3-5-12-21)25(33)23-24(32(26)27)22-13-7-6-10-20(22)18-28(23)15-8-9-16-28/h3-7,10-13,19H,8-9,14-18H2,1-2H3. The normalized spacial score (nSPS) is 16.3. The average molecular weight is 471 g/mol. The Bertz CT molecular complexity index is 1410. The van der Waals surface area contributed by atoms with Gasteiger partial charge in [0.1, 0.15) is 0 Å². The van der Waals surface area contributed by atoms with Gasteiger partial charge in [0.15, 0.2) is 5.16 Å². The highest BCUT2D eigenvalue weighted by atomic mass is 32.2. The molecule has 34 heavy (non-hydrogen) atoms. The third-order valence-electron chi connectivity index (χ3n) is 7.53. The van der Waals surface area contributed by atoms with Crippen molar-refractivity contribution >= 4 is 17.5 Å². The van der Waals surface area contributed by atoms with E-state index in [1.807, 2.05) is 30.3 Å². The second-order valence-electron chi connectivity index (χ2n) is 10.2. The van der Waals surface area contributed by atoms with Gasteiger partial charge < -0.3 is 0 Å². The van der Waals surface area contributed by atoms with Crippen LogP contribution in [0.3, 0.4) is 0 Å². The van der Waals surface area contributed by atoms with E-state index in [0.29, 0.717) is 11.7 Å². The van der Waals surface area contributed by atoms with Gasteiger partial charge in [0.2, 0.25) is 5.78 Å². The van der Waals surface area contributed by atoms with Gasteiger partial charge in [-0.25, -0.2) is 4.57 Å². The van der Waals surface area contributed by atoms with E-state index in [1.54, 1.807) is 16.3 Å². The van der Waals surface area contributed by atoms with Crippen LogP contribution in [0.4, 0.5) is 0 Å². The van der Waals surface area contributed by atoms with Crippen LogP contribution < -0.4 is 5.56 Å². The first-order chi connectivity index (χ1) is 16.6.